The Morgan fingerprint density at radius 3 is 2.33 bits per heavy atom. The number of ether oxygens (including phenoxy) is 1. The summed E-state index contributed by atoms with van der Waals surface area (Å²) >= 11 is 0. The van der Waals surface area contributed by atoms with Gasteiger partial charge in [0.05, 0.1) is 11.4 Å². The lowest BCUT2D eigenvalue weighted by atomic mass is 10.1. The van der Waals surface area contributed by atoms with Gasteiger partial charge in [-0.15, -0.1) is 5.10 Å². The summed E-state index contributed by atoms with van der Waals surface area (Å²) in [5.74, 6) is 0.656. The van der Waals surface area contributed by atoms with Crippen LogP contribution in [0.5, 0.6) is 11.8 Å². The number of nitrogens with zero attached hydrogens (tertiary/aromatic N) is 3. The first-order valence-electron chi connectivity index (χ1n) is 5.70. The normalized spacial score (nSPS) is 10.4. The van der Waals surface area contributed by atoms with Crippen LogP contribution in [-0.2, 0) is 0 Å². The van der Waals surface area contributed by atoms with Crippen molar-refractivity contribution in [2.24, 2.45) is 0 Å². The molecule has 0 radical (unpaired) electrons. The molecule has 2 aromatic rings. The number of nitrogen functional groups attached to an aromatic ring is 1. The van der Waals surface area contributed by atoms with Crippen molar-refractivity contribution in [3.63, 3.8) is 0 Å². The van der Waals surface area contributed by atoms with Crippen LogP contribution in [0.25, 0.3) is 0 Å². The zero-order chi connectivity index (χ0) is 13.3. The first kappa shape index (κ1) is 12.3. The molecule has 94 valence electrons. The fourth-order valence-corrected chi connectivity index (χ4v) is 1.54. The van der Waals surface area contributed by atoms with E-state index in [1.54, 1.807) is 6.07 Å². The van der Waals surface area contributed by atoms with Gasteiger partial charge in [-0.1, -0.05) is 11.2 Å². The van der Waals surface area contributed by atoms with Crippen molar-refractivity contribution in [3.05, 3.63) is 34.6 Å². The lowest BCUT2D eigenvalue weighted by Gasteiger charge is -2.10. The topological polar surface area (TPSA) is 73.9 Å². The van der Waals surface area contributed by atoms with Gasteiger partial charge in [0, 0.05) is 11.8 Å². The van der Waals surface area contributed by atoms with Gasteiger partial charge in [0.25, 0.3) is 0 Å². The predicted molar refractivity (Wildman–Crippen MR) is 69.7 cm³/mol. The molecule has 0 amide bonds. The Hall–Kier alpha value is -2.17. The molecule has 2 rings (SSSR count). The zero-order valence-electron chi connectivity index (χ0n) is 11.0. The Kier molecular flexibility index (Phi) is 3.14. The molecule has 0 atom stereocenters. The van der Waals surface area contributed by atoms with Gasteiger partial charge in [-0.3, -0.25) is 0 Å². The van der Waals surface area contributed by atoms with E-state index in [1.807, 2.05) is 33.8 Å². The highest BCUT2D eigenvalue weighted by Crippen LogP contribution is 2.27. The fraction of sp³-hybridized carbons (Fsp3) is 0.308. The predicted octanol–water partition coefficient (Wildman–Crippen LogP) is 2.48. The Bertz CT molecular complexity index is 596. The number of hydrogen-bond acceptors (Lipinski definition) is 5. The minimum Gasteiger partial charge on any atom is -0.423 e. The quantitative estimate of drug-likeness (QED) is 0.821. The first-order chi connectivity index (χ1) is 8.47. The second kappa shape index (κ2) is 4.60. The molecule has 0 saturated heterocycles. The van der Waals surface area contributed by atoms with Crippen LogP contribution in [0.15, 0.2) is 12.1 Å². The molecule has 0 unspecified atom stereocenters. The summed E-state index contributed by atoms with van der Waals surface area (Å²) in [4.78, 5) is 4.22. The van der Waals surface area contributed by atoms with E-state index in [4.69, 9.17) is 10.5 Å². The molecular formula is C13H16N4O. The van der Waals surface area contributed by atoms with Crippen molar-refractivity contribution in [1.82, 2.24) is 15.2 Å². The second-order valence-electron chi connectivity index (χ2n) is 4.34. The highest BCUT2D eigenvalue weighted by atomic mass is 16.5. The lowest BCUT2D eigenvalue weighted by Crippen LogP contribution is -2.01. The average Bonchev–Trinajstić information content (AvgIpc) is 2.31. The van der Waals surface area contributed by atoms with Crippen LogP contribution in [0.2, 0.25) is 0 Å². The minimum atomic E-state index is 0.240. The third-order valence-electron chi connectivity index (χ3n) is 2.84. The SMILES string of the molecule is Cc1cc(C)c(Oc2nnc(C)c(C)n2)cc1N. The molecule has 0 fully saturated rings. The van der Waals surface area contributed by atoms with Crippen LogP contribution in [-0.4, -0.2) is 15.2 Å². The minimum absolute atomic E-state index is 0.240. The molecule has 0 aliphatic rings. The molecule has 1 aromatic heterocycles. The number of nitrogens with two attached hydrogens (primary N) is 1. The van der Waals surface area contributed by atoms with Crippen molar-refractivity contribution in [1.29, 1.82) is 0 Å². The summed E-state index contributed by atoms with van der Waals surface area (Å²) in [6.45, 7) is 7.64. The van der Waals surface area contributed by atoms with E-state index in [0.29, 0.717) is 11.4 Å². The maximum absolute atomic E-state index is 5.86. The molecule has 0 spiro atoms. The average molecular weight is 244 g/mol. The van der Waals surface area contributed by atoms with Crippen molar-refractivity contribution in [2.45, 2.75) is 27.7 Å². The third kappa shape index (κ3) is 2.40. The van der Waals surface area contributed by atoms with Crippen LogP contribution >= 0.6 is 0 Å². The smallest absolute Gasteiger partial charge is 0.341 e. The summed E-state index contributed by atoms with van der Waals surface area (Å²) in [6, 6.07) is 3.99. The van der Waals surface area contributed by atoms with Crippen LogP contribution in [0.3, 0.4) is 0 Å². The number of rotatable bonds is 2. The Labute approximate surface area is 106 Å². The number of benzene rings is 1. The van der Waals surface area contributed by atoms with Gasteiger partial charge in [0.2, 0.25) is 0 Å². The van der Waals surface area contributed by atoms with Crippen LogP contribution in [0.4, 0.5) is 5.69 Å². The molecule has 1 heterocycles. The highest BCUT2D eigenvalue weighted by Gasteiger charge is 2.08. The Balaban J connectivity index is 2.34. The highest BCUT2D eigenvalue weighted by molar-refractivity contribution is 5.54. The monoisotopic (exact) mass is 244 g/mol. The summed E-state index contributed by atoms with van der Waals surface area (Å²) < 4.78 is 5.62. The van der Waals surface area contributed by atoms with E-state index >= 15 is 0 Å². The summed E-state index contributed by atoms with van der Waals surface area (Å²) in [7, 11) is 0. The van der Waals surface area contributed by atoms with Gasteiger partial charge in [-0.2, -0.15) is 4.98 Å². The fourth-order valence-electron chi connectivity index (χ4n) is 1.54. The summed E-state index contributed by atoms with van der Waals surface area (Å²) in [5, 5.41) is 7.88. The molecule has 1 aromatic carbocycles. The van der Waals surface area contributed by atoms with E-state index in [2.05, 4.69) is 15.2 Å². The van der Waals surface area contributed by atoms with Gasteiger partial charge in [0.15, 0.2) is 0 Å². The molecule has 0 aliphatic carbocycles. The van der Waals surface area contributed by atoms with Crippen molar-refractivity contribution in [2.75, 3.05) is 5.73 Å². The molecule has 0 aliphatic heterocycles. The molecule has 5 nitrogen and oxygen atoms in total. The van der Waals surface area contributed by atoms with Gasteiger partial charge < -0.3 is 10.5 Å². The van der Waals surface area contributed by atoms with E-state index < -0.39 is 0 Å². The van der Waals surface area contributed by atoms with Crippen molar-refractivity contribution in [3.8, 4) is 11.8 Å². The van der Waals surface area contributed by atoms with Gasteiger partial charge >= 0.3 is 6.01 Å². The van der Waals surface area contributed by atoms with Gasteiger partial charge in [-0.25, -0.2) is 0 Å². The first-order valence-corrected chi connectivity index (χ1v) is 5.70. The Morgan fingerprint density at radius 1 is 0.944 bits per heavy atom. The van der Waals surface area contributed by atoms with E-state index in [-0.39, 0.29) is 6.01 Å². The Morgan fingerprint density at radius 2 is 1.67 bits per heavy atom. The summed E-state index contributed by atoms with van der Waals surface area (Å²) in [6.07, 6.45) is 0. The van der Waals surface area contributed by atoms with Crippen molar-refractivity contribution < 1.29 is 4.74 Å². The van der Waals surface area contributed by atoms with Crippen LogP contribution < -0.4 is 10.5 Å². The van der Waals surface area contributed by atoms with E-state index in [1.165, 1.54) is 0 Å². The van der Waals surface area contributed by atoms with E-state index in [0.717, 1.165) is 22.5 Å². The second-order valence-corrected chi connectivity index (χ2v) is 4.34. The molecule has 5 heteroatoms. The van der Waals surface area contributed by atoms with Gasteiger partial charge in [-0.05, 0) is 38.8 Å². The number of hydrogen-bond donors (Lipinski definition) is 1. The molecule has 18 heavy (non-hydrogen) atoms. The van der Waals surface area contributed by atoms with E-state index in [9.17, 15) is 0 Å². The van der Waals surface area contributed by atoms with Crippen LogP contribution in [0.1, 0.15) is 22.5 Å². The largest absolute Gasteiger partial charge is 0.423 e. The zero-order valence-corrected chi connectivity index (χ0v) is 11.0. The number of aromatic nitrogens is 3. The number of anilines is 1. The molecule has 2 N–H and O–H groups in total. The molecular weight excluding hydrogens is 228 g/mol. The maximum Gasteiger partial charge on any atom is 0.341 e. The van der Waals surface area contributed by atoms with Crippen molar-refractivity contribution >= 4 is 5.69 Å². The lowest BCUT2D eigenvalue weighted by molar-refractivity contribution is 0.427. The maximum atomic E-state index is 5.86. The molecule has 0 saturated carbocycles. The number of aryl methyl sites for hydroxylation is 4. The third-order valence-corrected chi connectivity index (χ3v) is 2.84. The standard InChI is InChI=1S/C13H16N4O/c1-7-5-8(2)12(6-11(7)14)18-13-15-9(3)10(4)16-17-13/h5-6H,14H2,1-4H3. The van der Waals surface area contributed by atoms with Crippen LogP contribution in [0, 0.1) is 27.7 Å². The van der Waals surface area contributed by atoms with Gasteiger partial charge in [0.1, 0.15) is 5.75 Å². The summed E-state index contributed by atoms with van der Waals surface area (Å²) in [5.41, 5.74) is 10.2. The molecule has 0 bridgehead atoms.